The molecule has 1 aromatic heterocycles. The molecule has 160 valence electrons. The second-order valence-electron chi connectivity index (χ2n) is 7.47. The Morgan fingerprint density at radius 3 is 2.77 bits per heavy atom. The molecule has 5 rings (SSSR count). The fourth-order valence-electron chi connectivity index (χ4n) is 3.77. The van der Waals surface area contributed by atoms with Crippen molar-refractivity contribution in [2.75, 3.05) is 48.0 Å². The van der Waals surface area contributed by atoms with Crippen molar-refractivity contribution in [3.05, 3.63) is 42.5 Å². The van der Waals surface area contributed by atoms with Crippen LogP contribution in [0.3, 0.4) is 0 Å². The molecule has 2 aliphatic heterocycles. The third kappa shape index (κ3) is 3.94. The van der Waals surface area contributed by atoms with E-state index in [1.165, 1.54) is 6.92 Å². The predicted molar refractivity (Wildman–Crippen MR) is 120 cm³/mol. The van der Waals surface area contributed by atoms with E-state index < -0.39 is 6.10 Å². The number of aromatic nitrogens is 1. The maximum Gasteiger partial charge on any atom is 0.267 e. The van der Waals surface area contributed by atoms with Crippen LogP contribution in [0.15, 0.2) is 42.5 Å². The van der Waals surface area contributed by atoms with Gasteiger partial charge >= 0.3 is 0 Å². The molecule has 1 saturated heterocycles. The van der Waals surface area contributed by atoms with Gasteiger partial charge in [0.25, 0.3) is 5.91 Å². The predicted octanol–water partition coefficient (Wildman–Crippen LogP) is 2.89. The summed E-state index contributed by atoms with van der Waals surface area (Å²) in [5, 5.41) is 3.89. The Morgan fingerprint density at radius 1 is 1.16 bits per heavy atom. The molecular formula is C22H22N4O4S. The molecule has 1 fully saturated rings. The van der Waals surface area contributed by atoms with E-state index in [1.807, 2.05) is 36.4 Å². The Morgan fingerprint density at radius 2 is 1.97 bits per heavy atom. The molecule has 3 aromatic rings. The molecule has 0 bridgehead atoms. The third-order valence-corrected chi connectivity index (χ3v) is 6.45. The first-order valence-corrected chi connectivity index (χ1v) is 11.0. The van der Waals surface area contributed by atoms with Crippen molar-refractivity contribution in [2.24, 2.45) is 0 Å². The van der Waals surface area contributed by atoms with Crippen LogP contribution in [0.5, 0.6) is 5.75 Å². The lowest BCUT2D eigenvalue weighted by molar-refractivity contribution is -0.123. The smallest absolute Gasteiger partial charge is 0.267 e. The lowest BCUT2D eigenvalue weighted by Gasteiger charge is -2.33. The minimum Gasteiger partial charge on any atom is -0.476 e. The number of rotatable bonds is 3. The summed E-state index contributed by atoms with van der Waals surface area (Å²) in [6.45, 7) is 4.73. The zero-order valence-corrected chi connectivity index (χ0v) is 17.9. The molecule has 0 spiro atoms. The zero-order chi connectivity index (χ0) is 21.4. The Balaban J connectivity index is 1.33. The number of morpholine rings is 1. The summed E-state index contributed by atoms with van der Waals surface area (Å²) in [5.41, 5.74) is 2.25. The molecule has 0 aliphatic carbocycles. The highest BCUT2D eigenvalue weighted by molar-refractivity contribution is 7.22. The van der Waals surface area contributed by atoms with Crippen molar-refractivity contribution in [3.63, 3.8) is 0 Å². The van der Waals surface area contributed by atoms with Gasteiger partial charge in [0.15, 0.2) is 11.2 Å². The number of thiazole rings is 1. The van der Waals surface area contributed by atoms with Crippen molar-refractivity contribution < 1.29 is 19.1 Å². The van der Waals surface area contributed by atoms with Crippen molar-refractivity contribution in [2.45, 2.75) is 13.0 Å². The normalized spacial score (nSPS) is 18.4. The summed E-state index contributed by atoms with van der Waals surface area (Å²) in [5.74, 6) is 0.102. The molecular weight excluding hydrogens is 416 g/mol. The maximum atomic E-state index is 12.9. The number of ether oxygens (including phenoxy) is 2. The molecule has 31 heavy (non-hydrogen) atoms. The Kier molecular flexibility index (Phi) is 5.21. The van der Waals surface area contributed by atoms with Gasteiger partial charge in [-0.3, -0.25) is 9.59 Å². The second kappa shape index (κ2) is 8.16. The quantitative estimate of drug-likeness (QED) is 0.677. The largest absolute Gasteiger partial charge is 0.476 e. The minimum atomic E-state index is -0.792. The van der Waals surface area contributed by atoms with Crippen LogP contribution >= 0.6 is 11.3 Å². The first-order chi connectivity index (χ1) is 15.1. The van der Waals surface area contributed by atoms with Crippen LogP contribution in [0.4, 0.5) is 16.5 Å². The van der Waals surface area contributed by atoms with E-state index >= 15 is 0 Å². The molecule has 2 aromatic carbocycles. The van der Waals surface area contributed by atoms with Gasteiger partial charge in [-0.15, -0.1) is 0 Å². The molecule has 0 radical (unpaired) electrons. The number of nitrogens with one attached hydrogen (secondary N) is 1. The number of benzene rings is 2. The van der Waals surface area contributed by atoms with Gasteiger partial charge in [-0.05, 0) is 30.3 Å². The van der Waals surface area contributed by atoms with Gasteiger partial charge in [-0.2, -0.15) is 0 Å². The van der Waals surface area contributed by atoms with Gasteiger partial charge < -0.3 is 24.6 Å². The van der Waals surface area contributed by atoms with Crippen molar-refractivity contribution >= 4 is 49.9 Å². The topological polar surface area (TPSA) is 84.0 Å². The van der Waals surface area contributed by atoms with E-state index in [-0.39, 0.29) is 18.4 Å². The monoisotopic (exact) mass is 438 g/mol. The molecule has 9 heteroatoms. The highest BCUT2D eigenvalue weighted by Gasteiger charge is 2.32. The van der Waals surface area contributed by atoms with E-state index in [4.69, 9.17) is 14.5 Å². The van der Waals surface area contributed by atoms with Gasteiger partial charge in [0.1, 0.15) is 5.75 Å². The summed E-state index contributed by atoms with van der Waals surface area (Å²) >= 11 is 1.60. The average molecular weight is 439 g/mol. The third-order valence-electron chi connectivity index (χ3n) is 5.37. The van der Waals surface area contributed by atoms with E-state index in [2.05, 4.69) is 10.2 Å². The van der Waals surface area contributed by atoms with Crippen molar-refractivity contribution in [3.8, 4) is 5.75 Å². The fraction of sp³-hybridized carbons (Fsp3) is 0.318. The average Bonchev–Trinajstić information content (AvgIpc) is 3.22. The van der Waals surface area contributed by atoms with Gasteiger partial charge in [0.05, 0.1) is 35.7 Å². The number of carbonyl (C=O) groups is 2. The van der Waals surface area contributed by atoms with Crippen molar-refractivity contribution in [1.82, 2.24) is 4.98 Å². The molecule has 2 amide bonds. The summed E-state index contributed by atoms with van der Waals surface area (Å²) in [4.78, 5) is 33.5. The Bertz CT molecular complexity index is 1140. The minimum absolute atomic E-state index is 0.129. The molecule has 0 saturated carbocycles. The molecule has 1 N–H and O–H groups in total. The first kappa shape index (κ1) is 19.8. The van der Waals surface area contributed by atoms with Crippen LogP contribution in [-0.2, 0) is 14.3 Å². The van der Waals surface area contributed by atoms with E-state index in [9.17, 15) is 9.59 Å². The number of fused-ring (bicyclic) bond motifs is 2. The molecule has 1 atom stereocenters. The van der Waals surface area contributed by atoms with Gasteiger partial charge in [-0.25, -0.2) is 4.98 Å². The van der Waals surface area contributed by atoms with E-state index in [0.717, 1.165) is 28.4 Å². The molecule has 0 unspecified atom stereocenters. The lowest BCUT2D eigenvalue weighted by atomic mass is 10.1. The molecule has 8 nitrogen and oxygen atoms in total. The highest BCUT2D eigenvalue weighted by Crippen LogP contribution is 2.34. The number of anilines is 3. The standard InChI is InChI=1S/C22H22N4O4S/c1-14(27)26-13-19(30-18-5-3-2-4-17(18)26)21(28)23-15-6-7-16-20(12-15)31-22(24-16)25-8-10-29-11-9-25/h2-7,12,19H,8-11,13H2,1H3,(H,23,28)/t19-/m1/s1. The number of hydrogen-bond donors (Lipinski definition) is 1. The number of nitrogens with zero attached hydrogens (tertiary/aromatic N) is 3. The fourth-order valence-corrected chi connectivity index (χ4v) is 4.83. The zero-order valence-electron chi connectivity index (χ0n) is 17.0. The highest BCUT2D eigenvalue weighted by atomic mass is 32.1. The van der Waals surface area contributed by atoms with Crippen LogP contribution in [0.2, 0.25) is 0 Å². The molecule has 2 aliphatic rings. The molecule has 3 heterocycles. The van der Waals surface area contributed by atoms with Crippen LogP contribution in [0.25, 0.3) is 10.2 Å². The summed E-state index contributed by atoms with van der Waals surface area (Å²) in [6, 6.07) is 12.9. The Labute approximate surface area is 183 Å². The van der Waals surface area contributed by atoms with Crippen LogP contribution in [0, 0.1) is 0 Å². The summed E-state index contributed by atoms with van der Waals surface area (Å²) in [7, 11) is 0. The summed E-state index contributed by atoms with van der Waals surface area (Å²) in [6.07, 6.45) is -0.792. The van der Waals surface area contributed by atoms with Crippen LogP contribution in [0.1, 0.15) is 6.92 Å². The van der Waals surface area contributed by atoms with Crippen LogP contribution in [-0.4, -0.2) is 55.8 Å². The van der Waals surface area contributed by atoms with Crippen LogP contribution < -0.4 is 19.9 Å². The number of hydrogen-bond acceptors (Lipinski definition) is 7. The lowest BCUT2D eigenvalue weighted by Crippen LogP contribution is -2.48. The van der Waals surface area contributed by atoms with E-state index in [1.54, 1.807) is 22.3 Å². The van der Waals surface area contributed by atoms with Gasteiger partial charge in [0.2, 0.25) is 5.91 Å². The van der Waals surface area contributed by atoms with Gasteiger partial charge in [0, 0.05) is 25.7 Å². The number of amides is 2. The first-order valence-electron chi connectivity index (χ1n) is 10.2. The second-order valence-corrected chi connectivity index (χ2v) is 8.48. The number of carbonyl (C=O) groups excluding carboxylic acids is 2. The SMILES string of the molecule is CC(=O)N1C[C@H](C(=O)Nc2ccc3nc(N4CCOCC4)sc3c2)Oc2ccccc21. The van der Waals surface area contributed by atoms with E-state index in [0.29, 0.717) is 30.3 Å². The number of para-hydroxylation sites is 2. The Hall–Kier alpha value is -3.17. The van der Waals surface area contributed by atoms with Gasteiger partial charge in [-0.1, -0.05) is 23.5 Å². The van der Waals surface area contributed by atoms with Crippen molar-refractivity contribution in [1.29, 1.82) is 0 Å². The maximum absolute atomic E-state index is 12.9. The summed E-state index contributed by atoms with van der Waals surface area (Å²) < 4.78 is 12.3.